The van der Waals surface area contributed by atoms with Crippen LogP contribution in [0, 0.1) is 6.92 Å². The number of aryl methyl sites for hydroxylation is 2. The zero-order chi connectivity index (χ0) is 19.7. The number of fused-ring (bicyclic) bond motifs is 1. The van der Waals surface area contributed by atoms with E-state index in [1.807, 2.05) is 59.8 Å². The minimum absolute atomic E-state index is 0.123. The van der Waals surface area contributed by atoms with E-state index in [1.165, 1.54) is 17.3 Å². The third-order valence-corrected chi connectivity index (χ3v) is 6.35. The van der Waals surface area contributed by atoms with Crippen molar-refractivity contribution in [2.24, 2.45) is 7.05 Å². The third kappa shape index (κ3) is 3.44. The number of amides is 1. The average molecular weight is 393 g/mol. The molecule has 1 aromatic heterocycles. The number of para-hydroxylation sites is 1. The van der Waals surface area contributed by atoms with Gasteiger partial charge in [0.1, 0.15) is 0 Å². The van der Waals surface area contributed by atoms with Gasteiger partial charge in [-0.05, 0) is 43.9 Å². The minimum atomic E-state index is -0.237. The molecule has 0 unspecified atom stereocenters. The van der Waals surface area contributed by atoms with Gasteiger partial charge < -0.3 is 9.47 Å². The molecule has 0 aliphatic carbocycles. The normalized spacial score (nSPS) is 14.6. The molecule has 0 N–H and O–H groups in total. The first-order chi connectivity index (χ1) is 13.6. The number of hydrogen-bond donors (Lipinski definition) is 0. The molecule has 0 saturated carbocycles. The molecule has 28 heavy (non-hydrogen) atoms. The number of nitrogens with zero attached hydrogens (tertiary/aromatic N) is 4. The molecule has 2 aromatic carbocycles. The van der Waals surface area contributed by atoms with Crippen molar-refractivity contribution in [3.63, 3.8) is 0 Å². The van der Waals surface area contributed by atoms with Gasteiger partial charge in [-0.1, -0.05) is 54.2 Å². The molecule has 144 valence electrons. The van der Waals surface area contributed by atoms with E-state index < -0.39 is 0 Å². The molecule has 0 spiro atoms. The van der Waals surface area contributed by atoms with E-state index in [0.29, 0.717) is 0 Å². The smallest absolute Gasteiger partial charge is 0.240 e. The van der Waals surface area contributed by atoms with Crippen LogP contribution in [0.15, 0.2) is 53.7 Å². The number of aromatic nitrogens is 3. The van der Waals surface area contributed by atoms with Crippen LogP contribution in [-0.4, -0.2) is 32.5 Å². The van der Waals surface area contributed by atoms with E-state index >= 15 is 0 Å². The lowest BCUT2D eigenvalue weighted by atomic mass is 10.0. The molecule has 1 amide bonds. The number of carbonyl (C=O) groups is 1. The Kier molecular flexibility index (Phi) is 5.22. The van der Waals surface area contributed by atoms with E-state index in [2.05, 4.69) is 29.3 Å². The molecule has 4 rings (SSSR count). The predicted octanol–water partition coefficient (Wildman–Crippen LogP) is 4.25. The fourth-order valence-corrected chi connectivity index (χ4v) is 4.54. The number of hydrogen-bond acceptors (Lipinski definition) is 4. The molecule has 1 aliphatic rings. The van der Waals surface area contributed by atoms with Crippen LogP contribution < -0.4 is 4.90 Å². The van der Waals surface area contributed by atoms with Crippen molar-refractivity contribution in [3.05, 3.63) is 59.7 Å². The van der Waals surface area contributed by atoms with Crippen LogP contribution >= 0.6 is 11.8 Å². The Bertz CT molecular complexity index is 1010. The van der Waals surface area contributed by atoms with E-state index in [4.69, 9.17) is 0 Å². The quantitative estimate of drug-likeness (QED) is 0.623. The first-order valence-electron chi connectivity index (χ1n) is 9.57. The number of thioether (sulfide) groups is 1. The van der Waals surface area contributed by atoms with Crippen molar-refractivity contribution in [2.75, 3.05) is 11.4 Å². The number of carbonyl (C=O) groups excluding carboxylic acids is 1. The second kappa shape index (κ2) is 7.80. The summed E-state index contributed by atoms with van der Waals surface area (Å²) in [6.45, 7) is 4.79. The molecular formula is C22H24N4OS. The van der Waals surface area contributed by atoms with Gasteiger partial charge in [0, 0.05) is 24.8 Å². The molecule has 0 saturated heterocycles. The summed E-state index contributed by atoms with van der Waals surface area (Å²) in [7, 11) is 1.96. The highest BCUT2D eigenvalue weighted by Gasteiger charge is 2.28. The van der Waals surface area contributed by atoms with Crippen LogP contribution in [0.2, 0.25) is 0 Å². The SMILES string of the molecule is Cc1ccccc1-c1nnc(S[C@@H](C)C(=O)N2CCCc3ccccc32)n1C. The maximum absolute atomic E-state index is 13.2. The first kappa shape index (κ1) is 18.7. The number of benzene rings is 2. The number of anilines is 1. The summed E-state index contributed by atoms with van der Waals surface area (Å²) in [6.07, 6.45) is 2.03. The van der Waals surface area contributed by atoms with Crippen molar-refractivity contribution < 1.29 is 4.79 Å². The van der Waals surface area contributed by atoms with Crippen LogP contribution in [-0.2, 0) is 18.3 Å². The topological polar surface area (TPSA) is 51.0 Å². The third-order valence-electron chi connectivity index (χ3n) is 5.23. The van der Waals surface area contributed by atoms with Gasteiger partial charge in [-0.15, -0.1) is 10.2 Å². The molecule has 1 atom stereocenters. The lowest BCUT2D eigenvalue weighted by Crippen LogP contribution is -2.40. The van der Waals surface area contributed by atoms with Crippen molar-refractivity contribution in [2.45, 2.75) is 37.1 Å². The highest BCUT2D eigenvalue weighted by Crippen LogP contribution is 2.31. The Labute approximate surface area is 169 Å². The van der Waals surface area contributed by atoms with Crippen LogP contribution in [0.1, 0.15) is 24.5 Å². The van der Waals surface area contributed by atoms with Gasteiger partial charge in [-0.2, -0.15) is 0 Å². The molecule has 0 radical (unpaired) electrons. The largest absolute Gasteiger partial charge is 0.311 e. The lowest BCUT2D eigenvalue weighted by Gasteiger charge is -2.31. The van der Waals surface area contributed by atoms with E-state index in [1.54, 1.807) is 0 Å². The Morgan fingerprint density at radius 2 is 1.86 bits per heavy atom. The summed E-state index contributed by atoms with van der Waals surface area (Å²) in [6, 6.07) is 16.3. The highest BCUT2D eigenvalue weighted by molar-refractivity contribution is 8.00. The average Bonchev–Trinajstić information content (AvgIpc) is 3.07. The highest BCUT2D eigenvalue weighted by atomic mass is 32.2. The van der Waals surface area contributed by atoms with Crippen LogP contribution in [0.5, 0.6) is 0 Å². The van der Waals surface area contributed by atoms with E-state index in [-0.39, 0.29) is 11.2 Å². The van der Waals surface area contributed by atoms with Gasteiger partial charge in [-0.3, -0.25) is 4.79 Å². The zero-order valence-electron chi connectivity index (χ0n) is 16.4. The van der Waals surface area contributed by atoms with Crippen molar-refractivity contribution in [3.8, 4) is 11.4 Å². The van der Waals surface area contributed by atoms with E-state index in [0.717, 1.165) is 47.2 Å². The summed E-state index contributed by atoms with van der Waals surface area (Å²) in [5.41, 5.74) is 4.52. The molecule has 5 nitrogen and oxygen atoms in total. The van der Waals surface area contributed by atoms with Gasteiger partial charge in [0.25, 0.3) is 0 Å². The zero-order valence-corrected chi connectivity index (χ0v) is 17.2. The standard InChI is InChI=1S/C22H24N4OS/c1-15-9-4-6-12-18(15)20-23-24-22(25(20)3)28-16(2)21(27)26-14-8-11-17-10-5-7-13-19(17)26/h4-7,9-10,12-13,16H,8,11,14H2,1-3H3/t16-/m0/s1. The number of rotatable bonds is 4. The summed E-state index contributed by atoms with van der Waals surface area (Å²) in [5, 5.41) is 9.24. The van der Waals surface area contributed by atoms with E-state index in [9.17, 15) is 4.79 Å². The van der Waals surface area contributed by atoms with Gasteiger partial charge in [0.05, 0.1) is 5.25 Å². The van der Waals surface area contributed by atoms with Gasteiger partial charge in [-0.25, -0.2) is 0 Å². The predicted molar refractivity (Wildman–Crippen MR) is 114 cm³/mol. The maximum Gasteiger partial charge on any atom is 0.240 e. The Hall–Kier alpha value is -2.60. The van der Waals surface area contributed by atoms with Crippen LogP contribution in [0.25, 0.3) is 11.4 Å². The Morgan fingerprint density at radius 3 is 2.68 bits per heavy atom. The summed E-state index contributed by atoms with van der Waals surface area (Å²) < 4.78 is 1.97. The second-order valence-corrected chi connectivity index (χ2v) is 8.47. The van der Waals surface area contributed by atoms with Crippen LogP contribution in [0.3, 0.4) is 0 Å². The lowest BCUT2D eigenvalue weighted by molar-refractivity contribution is -0.117. The summed E-state index contributed by atoms with van der Waals surface area (Å²) >= 11 is 1.47. The summed E-state index contributed by atoms with van der Waals surface area (Å²) in [4.78, 5) is 15.1. The van der Waals surface area contributed by atoms with Crippen molar-refractivity contribution in [1.29, 1.82) is 0 Å². The fourth-order valence-electron chi connectivity index (χ4n) is 3.67. The monoisotopic (exact) mass is 392 g/mol. The van der Waals surface area contributed by atoms with Gasteiger partial charge >= 0.3 is 0 Å². The fraction of sp³-hybridized carbons (Fsp3) is 0.318. The van der Waals surface area contributed by atoms with Gasteiger partial charge in [0.2, 0.25) is 5.91 Å². The minimum Gasteiger partial charge on any atom is -0.311 e. The Balaban J connectivity index is 1.54. The maximum atomic E-state index is 13.2. The Morgan fingerprint density at radius 1 is 1.11 bits per heavy atom. The molecule has 0 bridgehead atoms. The second-order valence-electron chi connectivity index (χ2n) is 7.16. The van der Waals surface area contributed by atoms with Crippen molar-refractivity contribution in [1.82, 2.24) is 14.8 Å². The summed E-state index contributed by atoms with van der Waals surface area (Å²) in [5.74, 6) is 0.946. The molecule has 2 heterocycles. The molecule has 3 aromatic rings. The molecular weight excluding hydrogens is 368 g/mol. The molecule has 1 aliphatic heterocycles. The van der Waals surface area contributed by atoms with Crippen LogP contribution in [0.4, 0.5) is 5.69 Å². The van der Waals surface area contributed by atoms with Crippen molar-refractivity contribution >= 4 is 23.4 Å². The molecule has 6 heteroatoms. The molecule has 0 fully saturated rings. The first-order valence-corrected chi connectivity index (χ1v) is 10.5. The van der Waals surface area contributed by atoms with Gasteiger partial charge in [0.15, 0.2) is 11.0 Å².